The maximum absolute atomic E-state index is 14.4. The third kappa shape index (κ3) is 14.1. The molecule has 4 aliphatic rings. The lowest BCUT2D eigenvalue weighted by molar-refractivity contribution is -0.265. The van der Waals surface area contributed by atoms with E-state index >= 15 is 0 Å². The Labute approximate surface area is 392 Å². The van der Waals surface area contributed by atoms with Crippen molar-refractivity contribution in [2.45, 2.75) is 174 Å². The maximum atomic E-state index is 14.4. The van der Waals surface area contributed by atoms with Crippen molar-refractivity contribution in [3.05, 3.63) is 47.6 Å². The summed E-state index contributed by atoms with van der Waals surface area (Å²) in [5, 5.41) is 36.3. The fourth-order valence-electron chi connectivity index (χ4n) is 10.1. The van der Waals surface area contributed by atoms with Crippen molar-refractivity contribution < 1.29 is 63.1 Å². The molecule has 0 spiro atoms. The highest BCUT2D eigenvalue weighted by atomic mass is 16.6. The Balaban J connectivity index is 1.71. The molecule has 15 nitrogen and oxygen atoms in total. The van der Waals surface area contributed by atoms with Gasteiger partial charge in [0.2, 0.25) is 5.79 Å². The highest BCUT2D eigenvalue weighted by Crippen LogP contribution is 2.37. The van der Waals surface area contributed by atoms with Crippen LogP contribution in [-0.4, -0.2) is 132 Å². The number of Topliss-reactive ketones (excluding diaryl/α,β-unsaturated/α-hetero) is 3. The van der Waals surface area contributed by atoms with Crippen LogP contribution in [0.4, 0.5) is 0 Å². The van der Waals surface area contributed by atoms with Crippen LogP contribution in [0.15, 0.2) is 52.8 Å². The van der Waals surface area contributed by atoms with Crippen LogP contribution in [-0.2, 0) is 47.7 Å². The molecule has 0 unspecified atom stereocenters. The van der Waals surface area contributed by atoms with Gasteiger partial charge in [-0.05, 0) is 107 Å². The summed E-state index contributed by atoms with van der Waals surface area (Å²) in [5.41, 5.74) is 1.81. The van der Waals surface area contributed by atoms with Crippen LogP contribution in [0.1, 0.15) is 126 Å². The number of allylic oxidation sites excluding steroid dienone is 6. The van der Waals surface area contributed by atoms with Gasteiger partial charge < -0.3 is 44.0 Å². The monoisotopic (exact) mass is 927 g/mol. The number of cyclic esters (lactones) is 1. The highest BCUT2D eigenvalue weighted by Gasteiger charge is 2.53. The van der Waals surface area contributed by atoms with Gasteiger partial charge in [0, 0.05) is 58.5 Å². The molecule has 15 heteroatoms. The maximum Gasteiger partial charge on any atom is 0.329 e. The van der Waals surface area contributed by atoms with Crippen molar-refractivity contribution in [3.8, 4) is 0 Å². The van der Waals surface area contributed by atoms with E-state index in [-0.39, 0.29) is 54.8 Å². The topological polar surface area (TPSA) is 208 Å². The van der Waals surface area contributed by atoms with Gasteiger partial charge in [0.15, 0.2) is 5.78 Å². The van der Waals surface area contributed by atoms with Gasteiger partial charge in [-0.1, -0.05) is 76.2 Å². The highest BCUT2D eigenvalue weighted by molar-refractivity contribution is 6.39. The van der Waals surface area contributed by atoms with Crippen LogP contribution in [0.2, 0.25) is 0 Å². The van der Waals surface area contributed by atoms with Gasteiger partial charge in [-0.3, -0.25) is 19.2 Å². The van der Waals surface area contributed by atoms with Crippen LogP contribution in [0.25, 0.3) is 0 Å². The third-order valence-corrected chi connectivity index (χ3v) is 14.5. The molecule has 4 rings (SSSR count). The lowest BCUT2D eigenvalue weighted by Gasteiger charge is -2.42. The van der Waals surface area contributed by atoms with Gasteiger partial charge >= 0.3 is 5.97 Å². The Kier molecular flexibility index (Phi) is 21.1. The summed E-state index contributed by atoms with van der Waals surface area (Å²) in [7, 11) is 4.50. The molecular formula is C51H78N2O13. The molecule has 66 heavy (non-hydrogen) atoms. The Morgan fingerprint density at radius 3 is 2.26 bits per heavy atom. The second-order valence-corrected chi connectivity index (χ2v) is 19.5. The molecule has 0 radical (unpaired) electrons. The summed E-state index contributed by atoms with van der Waals surface area (Å²) in [6, 6.07) is -1.15. The Bertz CT molecular complexity index is 1840. The van der Waals surface area contributed by atoms with E-state index in [9.17, 15) is 39.4 Å². The van der Waals surface area contributed by atoms with E-state index in [1.807, 2.05) is 58.1 Å². The minimum absolute atomic E-state index is 0.0149. The van der Waals surface area contributed by atoms with Crippen LogP contribution < -0.4 is 0 Å². The number of carbonyl (C=O) groups is 5. The van der Waals surface area contributed by atoms with Crippen LogP contribution in [0.3, 0.4) is 0 Å². The molecule has 14 atom stereocenters. The minimum Gasteiger partial charge on any atom is -0.460 e. The zero-order valence-electron chi connectivity index (χ0n) is 41.0. The summed E-state index contributed by atoms with van der Waals surface area (Å²) in [4.78, 5) is 71.9. The summed E-state index contributed by atoms with van der Waals surface area (Å²) >= 11 is 0. The molecule has 0 aromatic carbocycles. The van der Waals surface area contributed by atoms with Crippen molar-refractivity contribution >= 4 is 34.9 Å². The number of esters is 1. The second kappa shape index (κ2) is 25.5. The first kappa shape index (κ1) is 54.7. The molecule has 3 heterocycles. The Morgan fingerprint density at radius 1 is 0.879 bits per heavy atom. The van der Waals surface area contributed by atoms with Gasteiger partial charge in [-0.15, -0.1) is 0 Å². The molecule has 0 aromatic heterocycles. The minimum atomic E-state index is -2.43. The molecule has 3 N–H and O–H groups in total. The summed E-state index contributed by atoms with van der Waals surface area (Å²) in [6.07, 6.45) is 11.5. The molecule has 1 amide bonds. The molecule has 0 aromatic rings. The number of amides is 1. The summed E-state index contributed by atoms with van der Waals surface area (Å²) in [5.74, 6) is -8.08. The van der Waals surface area contributed by atoms with Crippen LogP contribution in [0.5, 0.6) is 0 Å². The number of oxime groups is 1. The van der Waals surface area contributed by atoms with Gasteiger partial charge in [0.25, 0.3) is 11.7 Å². The lowest BCUT2D eigenvalue weighted by atomic mass is 9.78. The number of hydrogen-bond donors (Lipinski definition) is 3. The van der Waals surface area contributed by atoms with E-state index in [4.69, 9.17) is 23.7 Å². The zero-order chi connectivity index (χ0) is 48.9. The lowest BCUT2D eigenvalue weighted by Crippen LogP contribution is -2.61. The number of aliphatic hydroxyl groups is 2. The predicted octanol–water partition coefficient (Wildman–Crippen LogP) is 6.65. The normalized spacial score (nSPS) is 39.5. The summed E-state index contributed by atoms with van der Waals surface area (Å²) in [6.45, 7) is 12.7. The number of carbonyl (C=O) groups excluding carboxylic acids is 5. The molecule has 370 valence electrons. The van der Waals surface area contributed by atoms with E-state index in [1.54, 1.807) is 41.1 Å². The number of hydrogen-bond acceptors (Lipinski definition) is 14. The Hall–Kier alpha value is -3.86. The SMILES string of the molecule is CO[C@H]1C[C@@H]2CC[C@@H](C)[C@@](O)(O2)C(=O)C(=O)N2CCCC[C@H]2C(=O)O[C@H]([C@H](C)C[C@@H]2CC/C(=N/O)[C@H](OC)C2)CC(=O)[C@H](C)/C=C(\C)[C@@H](O)[C@@H](OC)C(=O)[C@H](C)C[C@H](C)\C=C/C=C/C=C/1C. The first-order valence-corrected chi connectivity index (χ1v) is 24.0. The number of nitrogens with zero attached hydrogens (tertiary/aromatic N) is 2. The Morgan fingerprint density at radius 2 is 1.59 bits per heavy atom. The van der Waals surface area contributed by atoms with E-state index < -0.39 is 77.8 Å². The predicted molar refractivity (Wildman–Crippen MR) is 248 cm³/mol. The van der Waals surface area contributed by atoms with E-state index in [0.29, 0.717) is 75.5 Å². The van der Waals surface area contributed by atoms with E-state index in [1.165, 1.54) is 12.0 Å². The molecular weight excluding hydrogens is 849 g/mol. The van der Waals surface area contributed by atoms with Crippen molar-refractivity contribution in [1.82, 2.24) is 4.90 Å². The van der Waals surface area contributed by atoms with Gasteiger partial charge in [0.05, 0.1) is 24.0 Å². The van der Waals surface area contributed by atoms with E-state index in [2.05, 4.69) is 5.16 Å². The number of fused-ring (bicyclic) bond motifs is 3. The first-order chi connectivity index (χ1) is 31.3. The number of piperidine rings is 1. The van der Waals surface area contributed by atoms with Gasteiger partial charge in [-0.2, -0.15) is 0 Å². The smallest absolute Gasteiger partial charge is 0.329 e. The molecule has 1 saturated carbocycles. The zero-order valence-corrected chi connectivity index (χ0v) is 41.0. The number of ketones is 3. The largest absolute Gasteiger partial charge is 0.460 e. The van der Waals surface area contributed by atoms with Crippen LogP contribution in [0, 0.1) is 35.5 Å². The van der Waals surface area contributed by atoms with Crippen molar-refractivity contribution in [1.29, 1.82) is 0 Å². The number of rotatable bonds is 6. The molecule has 1 aliphatic carbocycles. The molecule has 3 fully saturated rings. The molecule has 2 saturated heterocycles. The fourth-order valence-corrected chi connectivity index (χ4v) is 10.1. The van der Waals surface area contributed by atoms with E-state index in [0.717, 1.165) is 5.57 Å². The molecule has 2 bridgehead atoms. The van der Waals surface area contributed by atoms with Gasteiger partial charge in [-0.25, -0.2) is 4.79 Å². The second-order valence-electron chi connectivity index (χ2n) is 19.5. The average molecular weight is 927 g/mol. The fraction of sp³-hybridized carbons (Fsp3) is 0.725. The van der Waals surface area contributed by atoms with Crippen molar-refractivity contribution in [3.63, 3.8) is 0 Å². The standard InChI is InChI=1S/C51H78N2O13/c1-30-16-12-11-13-17-31(2)42(62-8)28-38-21-19-36(7)51(60,66-38)48(57)49(58)53-23-15-14-18-40(53)50(59)65-43(33(4)26-37-20-22-39(52-61)44(27-37)63-9)29-41(54)32(3)25-35(6)46(56)47(64-10)45(55)34(5)24-30/h11-13,16-17,25,30,32-34,36-38,40,42-44,46-47,56,60-61H,14-15,18-24,26-29H2,1-10H3/b13-11+,16-12-,31-17+,35-25+,52-39-/t30-,32-,33-,34-,36-,37+,38+,40+,42+,43+,44-,46-,47+,51-/m1/s1. The number of ether oxygens (including phenoxy) is 5. The van der Waals surface area contributed by atoms with Crippen molar-refractivity contribution in [2.75, 3.05) is 27.9 Å². The van der Waals surface area contributed by atoms with Crippen molar-refractivity contribution in [2.24, 2.45) is 40.7 Å². The number of methoxy groups -OCH3 is 3. The van der Waals surface area contributed by atoms with Crippen LogP contribution >= 0.6 is 0 Å². The third-order valence-electron chi connectivity index (χ3n) is 14.5. The quantitative estimate of drug-likeness (QED) is 0.0840. The van der Waals surface area contributed by atoms with Gasteiger partial charge in [0.1, 0.15) is 30.1 Å². The molecule has 3 aliphatic heterocycles. The first-order valence-electron chi connectivity index (χ1n) is 24.0. The summed E-state index contributed by atoms with van der Waals surface area (Å²) < 4.78 is 29.4. The average Bonchev–Trinajstić information content (AvgIpc) is 3.30. The number of aliphatic hydroxyl groups excluding tert-OH is 1.